The normalized spacial score (nSPS) is 13.5. The minimum atomic E-state index is 0.125. The third-order valence-electron chi connectivity index (χ3n) is 1.13. The van der Waals surface area contributed by atoms with Crippen molar-refractivity contribution in [2.75, 3.05) is 6.54 Å². The van der Waals surface area contributed by atoms with Crippen LogP contribution in [0.15, 0.2) is 0 Å². The Bertz CT molecular complexity index is 56.0. The molecule has 2 heteroatoms. The molecule has 0 saturated carbocycles. The summed E-state index contributed by atoms with van der Waals surface area (Å²) in [6.07, 6.45) is 0. The lowest BCUT2D eigenvalue weighted by Gasteiger charge is -2.15. The van der Waals surface area contributed by atoms with Crippen molar-refractivity contribution in [3.8, 4) is 0 Å². The van der Waals surface area contributed by atoms with Crippen molar-refractivity contribution in [3.63, 3.8) is 0 Å². The molecule has 0 atom stereocenters. The van der Waals surface area contributed by atoms with Crippen molar-refractivity contribution < 1.29 is 0 Å². The van der Waals surface area contributed by atoms with E-state index in [9.17, 15) is 0 Å². The molecule has 0 amide bonds. The van der Waals surface area contributed by atoms with Gasteiger partial charge in [0, 0.05) is 9.52 Å². The maximum Gasteiger partial charge on any atom is 0.0273 e. The Morgan fingerprint density at radius 3 is 2.00 bits per heavy atom. The highest BCUT2D eigenvalue weighted by atomic mass is 28.2. The molecular weight excluding hydrogens is 114 g/mol. The van der Waals surface area contributed by atoms with E-state index >= 15 is 0 Å². The van der Waals surface area contributed by atoms with Gasteiger partial charge in [0.25, 0.3) is 0 Å². The summed E-state index contributed by atoms with van der Waals surface area (Å²) in [5.41, 5.74) is 5.37. The van der Waals surface area contributed by atoms with Crippen LogP contribution in [0.25, 0.3) is 0 Å². The smallest absolute Gasteiger partial charge is 0.0273 e. The number of rotatable bonds is 2. The fourth-order valence-electron chi connectivity index (χ4n) is 0.632. The molecule has 0 bridgehead atoms. The van der Waals surface area contributed by atoms with Crippen molar-refractivity contribution >= 4 is 9.52 Å². The van der Waals surface area contributed by atoms with Gasteiger partial charge in [0.1, 0.15) is 0 Å². The molecule has 50 valence electrons. The van der Waals surface area contributed by atoms with Crippen molar-refractivity contribution in [1.82, 2.24) is 0 Å². The van der Waals surface area contributed by atoms with E-state index in [0.29, 0.717) is 5.04 Å². The minimum Gasteiger partial charge on any atom is -0.331 e. The van der Waals surface area contributed by atoms with Gasteiger partial charge < -0.3 is 5.73 Å². The van der Waals surface area contributed by atoms with E-state index in [1.165, 1.54) is 6.04 Å². The molecular formula is C6H17NSi. The SMILES string of the molecule is CC(C)(C)[SiH2]CCN. The predicted molar refractivity (Wildman–Crippen MR) is 42.1 cm³/mol. The first-order valence-electron chi connectivity index (χ1n) is 3.26. The zero-order valence-electron chi connectivity index (χ0n) is 6.20. The molecule has 0 aromatic heterocycles. The van der Waals surface area contributed by atoms with Crippen LogP contribution in [0, 0.1) is 0 Å². The van der Waals surface area contributed by atoms with Gasteiger partial charge in [-0.05, 0) is 17.6 Å². The molecule has 0 saturated heterocycles. The first-order chi connectivity index (χ1) is 3.56. The molecule has 0 rings (SSSR count). The molecule has 0 aromatic rings. The molecule has 0 unspecified atom stereocenters. The summed E-state index contributed by atoms with van der Waals surface area (Å²) in [6.45, 7) is 7.79. The quantitative estimate of drug-likeness (QED) is 0.550. The molecule has 8 heavy (non-hydrogen) atoms. The van der Waals surface area contributed by atoms with Crippen molar-refractivity contribution in [2.24, 2.45) is 5.73 Å². The highest BCUT2D eigenvalue weighted by molar-refractivity contribution is 6.39. The molecule has 2 N–H and O–H groups in total. The van der Waals surface area contributed by atoms with Gasteiger partial charge in [0.2, 0.25) is 0 Å². The van der Waals surface area contributed by atoms with Crippen LogP contribution in [0.3, 0.4) is 0 Å². The standard InChI is InChI=1S/C6H17NSi/c1-6(2,3)8-5-4-7/h4-5,7-8H2,1-3H3. The van der Waals surface area contributed by atoms with Crippen LogP contribution in [-0.2, 0) is 0 Å². The van der Waals surface area contributed by atoms with Crippen molar-refractivity contribution in [2.45, 2.75) is 31.9 Å². The van der Waals surface area contributed by atoms with Crippen LogP contribution in [-0.4, -0.2) is 16.1 Å². The zero-order chi connectivity index (χ0) is 6.62. The molecule has 0 aliphatic carbocycles. The largest absolute Gasteiger partial charge is 0.331 e. The van der Waals surface area contributed by atoms with E-state index in [1.807, 2.05) is 0 Å². The van der Waals surface area contributed by atoms with E-state index in [4.69, 9.17) is 5.73 Å². The Hall–Kier alpha value is 0.177. The third kappa shape index (κ3) is 6.18. The molecule has 1 nitrogen and oxygen atoms in total. The summed E-state index contributed by atoms with van der Waals surface area (Å²) >= 11 is 0. The zero-order valence-corrected chi connectivity index (χ0v) is 7.61. The Labute approximate surface area is 54.5 Å². The van der Waals surface area contributed by atoms with Crippen LogP contribution in [0.5, 0.6) is 0 Å². The number of nitrogens with two attached hydrogens (primary N) is 1. The second-order valence-corrected chi connectivity index (χ2v) is 6.78. The van der Waals surface area contributed by atoms with Gasteiger partial charge in [0.05, 0.1) is 0 Å². The monoisotopic (exact) mass is 131 g/mol. The lowest BCUT2D eigenvalue weighted by Crippen LogP contribution is -2.12. The Morgan fingerprint density at radius 1 is 1.38 bits per heavy atom. The summed E-state index contributed by atoms with van der Waals surface area (Å²) in [6, 6.07) is 1.30. The summed E-state index contributed by atoms with van der Waals surface area (Å²) in [5.74, 6) is 0. The van der Waals surface area contributed by atoms with Gasteiger partial charge in [-0.1, -0.05) is 20.8 Å². The molecule has 0 fully saturated rings. The maximum atomic E-state index is 5.37. The van der Waals surface area contributed by atoms with Gasteiger partial charge in [-0.2, -0.15) is 0 Å². The van der Waals surface area contributed by atoms with Crippen molar-refractivity contribution in [1.29, 1.82) is 0 Å². The predicted octanol–water partition coefficient (Wildman–Crippen LogP) is 0.751. The molecule has 0 aliphatic rings. The highest BCUT2D eigenvalue weighted by Gasteiger charge is 2.08. The van der Waals surface area contributed by atoms with Gasteiger partial charge >= 0.3 is 0 Å². The van der Waals surface area contributed by atoms with Crippen LogP contribution >= 0.6 is 0 Å². The van der Waals surface area contributed by atoms with Crippen LogP contribution in [0.4, 0.5) is 0 Å². The molecule has 0 aliphatic heterocycles. The summed E-state index contributed by atoms with van der Waals surface area (Å²) < 4.78 is 0. The third-order valence-corrected chi connectivity index (χ3v) is 3.39. The average Bonchev–Trinajstić information content (AvgIpc) is 1.59. The van der Waals surface area contributed by atoms with E-state index in [0.717, 1.165) is 6.54 Å². The van der Waals surface area contributed by atoms with Crippen LogP contribution < -0.4 is 5.73 Å². The van der Waals surface area contributed by atoms with Crippen molar-refractivity contribution in [3.05, 3.63) is 0 Å². The molecule has 0 heterocycles. The fourth-order valence-corrected chi connectivity index (χ4v) is 1.90. The lowest BCUT2D eigenvalue weighted by atomic mass is 10.3. The first-order valence-corrected chi connectivity index (χ1v) is 4.97. The highest BCUT2D eigenvalue weighted by Crippen LogP contribution is 2.20. The Morgan fingerprint density at radius 2 is 1.88 bits per heavy atom. The van der Waals surface area contributed by atoms with Gasteiger partial charge in [-0.3, -0.25) is 0 Å². The van der Waals surface area contributed by atoms with E-state index < -0.39 is 0 Å². The summed E-state index contributed by atoms with van der Waals surface area (Å²) in [4.78, 5) is 0. The van der Waals surface area contributed by atoms with E-state index in [2.05, 4.69) is 20.8 Å². The van der Waals surface area contributed by atoms with Gasteiger partial charge in [-0.15, -0.1) is 0 Å². The van der Waals surface area contributed by atoms with E-state index in [1.54, 1.807) is 0 Å². The first kappa shape index (κ1) is 8.18. The number of hydrogen-bond acceptors (Lipinski definition) is 1. The van der Waals surface area contributed by atoms with Gasteiger partial charge in [0.15, 0.2) is 0 Å². The van der Waals surface area contributed by atoms with E-state index in [-0.39, 0.29) is 9.52 Å². The molecule has 0 radical (unpaired) electrons. The second-order valence-electron chi connectivity index (χ2n) is 3.45. The Balaban J connectivity index is 3.11. The Kier molecular flexibility index (Phi) is 3.32. The fraction of sp³-hybridized carbons (Fsp3) is 1.00. The topological polar surface area (TPSA) is 26.0 Å². The summed E-state index contributed by atoms with van der Waals surface area (Å²) in [5, 5.41) is 0.610. The van der Waals surface area contributed by atoms with Crippen LogP contribution in [0.2, 0.25) is 11.1 Å². The molecule has 0 spiro atoms. The van der Waals surface area contributed by atoms with Crippen LogP contribution in [0.1, 0.15) is 20.8 Å². The second kappa shape index (κ2) is 3.25. The average molecular weight is 131 g/mol. The lowest BCUT2D eigenvalue weighted by molar-refractivity contribution is 0.747. The maximum absolute atomic E-state index is 5.37. The molecule has 0 aromatic carbocycles. The number of hydrogen-bond donors (Lipinski definition) is 1. The van der Waals surface area contributed by atoms with Gasteiger partial charge in [-0.25, -0.2) is 0 Å². The summed E-state index contributed by atoms with van der Waals surface area (Å²) in [7, 11) is 0.125. The minimum absolute atomic E-state index is 0.125.